The van der Waals surface area contributed by atoms with Gasteiger partial charge in [0.2, 0.25) is 0 Å². The van der Waals surface area contributed by atoms with Crippen molar-refractivity contribution < 1.29 is 9.36 Å². The van der Waals surface area contributed by atoms with E-state index >= 15 is 0 Å². The van der Waals surface area contributed by atoms with Gasteiger partial charge in [-0.2, -0.15) is 0 Å². The van der Waals surface area contributed by atoms with E-state index in [0.717, 1.165) is 51.9 Å². The van der Waals surface area contributed by atoms with Gasteiger partial charge in [0.1, 0.15) is 0 Å². The van der Waals surface area contributed by atoms with Crippen molar-refractivity contribution in [1.29, 1.82) is 0 Å². The molecule has 0 aromatic heterocycles. The molecule has 0 bridgehead atoms. The average molecular weight is 314 g/mol. The Morgan fingerprint density at radius 3 is 1.72 bits per heavy atom. The van der Waals surface area contributed by atoms with Crippen LogP contribution >= 0.6 is 30.8 Å². The predicted octanol–water partition coefficient (Wildman–Crippen LogP) is 2.21. The molecule has 1 amide bonds. The summed E-state index contributed by atoms with van der Waals surface area (Å²) in [6.07, 6.45) is 4.05. The molecule has 5 nitrogen and oxygen atoms in total. The van der Waals surface area contributed by atoms with Gasteiger partial charge in [-0.05, 0) is 25.7 Å². The summed E-state index contributed by atoms with van der Waals surface area (Å²) in [4.78, 5) is 10.5. The van der Waals surface area contributed by atoms with E-state index in [4.69, 9.17) is 23.2 Å². The Bertz CT molecular complexity index is 335. The standard InChI is InChI=1S/C10H18Cl2N3O2P/c11-9(12)10(16)13-18(17,14-5-1-2-6-14)15-7-3-4-8-15/h9H,1-8H2,(H,13,16,17). The quantitative estimate of drug-likeness (QED) is 0.638. The fourth-order valence-electron chi connectivity index (χ4n) is 2.46. The second-order valence-corrected chi connectivity index (χ2v) is 8.18. The molecule has 2 rings (SSSR count). The molecule has 0 spiro atoms. The molecule has 0 aliphatic carbocycles. The van der Waals surface area contributed by atoms with Gasteiger partial charge in [0.25, 0.3) is 5.91 Å². The van der Waals surface area contributed by atoms with E-state index in [1.807, 2.05) is 9.34 Å². The summed E-state index contributed by atoms with van der Waals surface area (Å²) in [5.41, 5.74) is 0. The number of rotatable bonds is 4. The molecule has 2 saturated heterocycles. The minimum atomic E-state index is -3.03. The Labute approximate surface area is 117 Å². The highest BCUT2D eigenvalue weighted by Gasteiger charge is 2.41. The van der Waals surface area contributed by atoms with Crippen molar-refractivity contribution >= 4 is 36.7 Å². The first kappa shape index (κ1) is 14.6. The molecule has 0 aromatic rings. The molecule has 1 N–H and O–H groups in total. The van der Waals surface area contributed by atoms with Gasteiger partial charge >= 0.3 is 7.59 Å². The number of amides is 1. The highest BCUT2D eigenvalue weighted by atomic mass is 35.5. The maximum atomic E-state index is 13.1. The molecule has 2 aliphatic rings. The number of nitrogens with one attached hydrogen (secondary N) is 1. The number of carbonyl (C=O) groups is 1. The smallest absolute Gasteiger partial charge is 0.280 e. The lowest BCUT2D eigenvalue weighted by molar-refractivity contribution is -0.117. The van der Waals surface area contributed by atoms with E-state index in [0.29, 0.717) is 0 Å². The Balaban J connectivity index is 2.15. The third-order valence-corrected chi connectivity index (χ3v) is 6.63. The van der Waals surface area contributed by atoms with Crippen LogP contribution in [0.25, 0.3) is 0 Å². The molecule has 104 valence electrons. The van der Waals surface area contributed by atoms with Crippen LogP contribution in [0.1, 0.15) is 25.7 Å². The van der Waals surface area contributed by atoms with E-state index in [1.54, 1.807) is 0 Å². The van der Waals surface area contributed by atoms with Crippen molar-refractivity contribution in [3.05, 3.63) is 0 Å². The number of carbonyl (C=O) groups excluding carboxylic acids is 1. The second-order valence-electron chi connectivity index (χ2n) is 4.64. The normalized spacial score (nSPS) is 22.8. The topological polar surface area (TPSA) is 52.7 Å². The van der Waals surface area contributed by atoms with Crippen LogP contribution in [-0.2, 0) is 9.36 Å². The Hall–Kier alpha value is 0.200. The summed E-state index contributed by atoms with van der Waals surface area (Å²) in [7, 11) is -3.03. The molecular formula is C10H18Cl2N3O2P. The Kier molecular flexibility index (Phi) is 4.95. The molecule has 8 heteroatoms. The third-order valence-electron chi connectivity index (χ3n) is 3.39. The number of hydrogen-bond donors (Lipinski definition) is 1. The molecule has 0 unspecified atom stereocenters. The van der Waals surface area contributed by atoms with E-state index < -0.39 is 18.3 Å². The summed E-state index contributed by atoms with van der Waals surface area (Å²) in [5.74, 6) is -0.569. The van der Waals surface area contributed by atoms with Crippen LogP contribution in [0.4, 0.5) is 0 Å². The molecule has 2 fully saturated rings. The van der Waals surface area contributed by atoms with Crippen molar-refractivity contribution in [2.45, 2.75) is 30.5 Å². The van der Waals surface area contributed by atoms with E-state index in [9.17, 15) is 9.36 Å². The maximum absolute atomic E-state index is 13.1. The molecule has 2 heterocycles. The number of nitrogens with zero attached hydrogens (tertiary/aromatic N) is 2. The molecule has 0 atom stereocenters. The van der Waals surface area contributed by atoms with Crippen molar-refractivity contribution in [3.8, 4) is 0 Å². The van der Waals surface area contributed by atoms with Gasteiger partial charge in [-0.15, -0.1) is 0 Å². The van der Waals surface area contributed by atoms with Crippen LogP contribution in [0.2, 0.25) is 0 Å². The number of hydrogen-bond acceptors (Lipinski definition) is 2. The monoisotopic (exact) mass is 313 g/mol. The van der Waals surface area contributed by atoms with Crippen molar-refractivity contribution in [2.75, 3.05) is 26.2 Å². The Morgan fingerprint density at radius 1 is 1.00 bits per heavy atom. The van der Waals surface area contributed by atoms with Gasteiger partial charge in [-0.1, -0.05) is 23.2 Å². The van der Waals surface area contributed by atoms with Crippen LogP contribution in [0.5, 0.6) is 0 Å². The predicted molar refractivity (Wildman–Crippen MR) is 72.9 cm³/mol. The van der Waals surface area contributed by atoms with Gasteiger partial charge < -0.3 is 0 Å². The third kappa shape index (κ3) is 3.02. The van der Waals surface area contributed by atoms with Crippen LogP contribution in [0, 0.1) is 0 Å². The molecule has 18 heavy (non-hydrogen) atoms. The van der Waals surface area contributed by atoms with Crippen molar-refractivity contribution in [2.24, 2.45) is 0 Å². The summed E-state index contributed by atoms with van der Waals surface area (Å²) < 4.78 is 16.9. The Morgan fingerprint density at radius 2 is 1.39 bits per heavy atom. The van der Waals surface area contributed by atoms with Crippen molar-refractivity contribution in [1.82, 2.24) is 14.4 Å². The SMILES string of the molecule is O=C(NP(=O)(N1CCCC1)N1CCCC1)C(Cl)Cl. The molecule has 2 aliphatic heterocycles. The first-order valence-electron chi connectivity index (χ1n) is 6.25. The molecule has 0 radical (unpaired) electrons. The van der Waals surface area contributed by atoms with Gasteiger partial charge in [-0.3, -0.25) is 14.4 Å². The fraction of sp³-hybridized carbons (Fsp3) is 0.900. The molecular weight excluding hydrogens is 296 g/mol. The minimum absolute atomic E-state index is 0.569. The van der Waals surface area contributed by atoms with Gasteiger partial charge in [0, 0.05) is 26.2 Å². The highest BCUT2D eigenvalue weighted by molar-refractivity contribution is 7.57. The summed E-state index contributed by atoms with van der Waals surface area (Å²) in [6, 6.07) is 0. The fourth-order valence-corrected chi connectivity index (χ4v) is 5.42. The van der Waals surface area contributed by atoms with Crippen LogP contribution in [-0.4, -0.2) is 46.3 Å². The van der Waals surface area contributed by atoms with Gasteiger partial charge in [0.15, 0.2) is 4.84 Å². The van der Waals surface area contributed by atoms with Gasteiger partial charge in [-0.25, -0.2) is 9.34 Å². The number of alkyl halides is 2. The zero-order chi connectivity index (χ0) is 13.2. The van der Waals surface area contributed by atoms with E-state index in [2.05, 4.69) is 5.09 Å². The highest BCUT2D eigenvalue weighted by Crippen LogP contribution is 2.52. The van der Waals surface area contributed by atoms with E-state index in [1.165, 1.54) is 0 Å². The van der Waals surface area contributed by atoms with Crippen LogP contribution < -0.4 is 5.09 Å². The summed E-state index contributed by atoms with van der Waals surface area (Å²) in [5, 5.41) is 2.58. The van der Waals surface area contributed by atoms with Crippen LogP contribution in [0.3, 0.4) is 0 Å². The largest absolute Gasteiger partial charge is 0.310 e. The summed E-state index contributed by atoms with van der Waals surface area (Å²) >= 11 is 11.1. The lowest BCUT2D eigenvalue weighted by Crippen LogP contribution is -2.40. The average Bonchev–Trinajstić information content (AvgIpc) is 3.02. The first-order valence-corrected chi connectivity index (χ1v) is 8.74. The lowest BCUT2D eigenvalue weighted by atomic mass is 10.4. The zero-order valence-corrected chi connectivity index (χ0v) is 12.6. The lowest BCUT2D eigenvalue weighted by Gasteiger charge is -2.34. The first-order chi connectivity index (χ1) is 8.54. The maximum Gasteiger partial charge on any atom is 0.310 e. The van der Waals surface area contributed by atoms with Crippen molar-refractivity contribution in [3.63, 3.8) is 0 Å². The zero-order valence-electron chi connectivity index (χ0n) is 10.1. The second kappa shape index (κ2) is 6.10. The number of halogens is 2. The van der Waals surface area contributed by atoms with E-state index in [-0.39, 0.29) is 0 Å². The summed E-state index contributed by atoms with van der Waals surface area (Å²) in [6.45, 7) is 3.01. The van der Waals surface area contributed by atoms with Crippen LogP contribution in [0.15, 0.2) is 0 Å². The van der Waals surface area contributed by atoms with Gasteiger partial charge in [0.05, 0.1) is 0 Å². The minimum Gasteiger partial charge on any atom is -0.280 e. The molecule has 0 aromatic carbocycles. The molecule has 0 saturated carbocycles.